The van der Waals surface area contributed by atoms with E-state index < -0.39 is 5.82 Å². The molecule has 0 unspecified atom stereocenters. The van der Waals surface area contributed by atoms with Gasteiger partial charge in [-0.1, -0.05) is 36.0 Å². The van der Waals surface area contributed by atoms with E-state index in [1.165, 1.54) is 34.0 Å². The number of anilines is 1. The molecule has 174 valence electrons. The average molecular weight is 496 g/mol. The first kappa shape index (κ1) is 22.6. The summed E-state index contributed by atoms with van der Waals surface area (Å²) >= 11 is 2.63. The van der Waals surface area contributed by atoms with Crippen molar-refractivity contribution in [2.24, 2.45) is 0 Å². The second-order valence-corrected chi connectivity index (χ2v) is 9.94. The number of halogens is 1. The maximum atomic E-state index is 14.8. The molecule has 1 amide bonds. The van der Waals surface area contributed by atoms with Crippen molar-refractivity contribution in [2.75, 3.05) is 18.2 Å². The van der Waals surface area contributed by atoms with Crippen molar-refractivity contribution >= 4 is 44.9 Å². The number of nitrogens with one attached hydrogen (secondary N) is 1. The lowest BCUT2D eigenvalue weighted by Gasteiger charge is -2.14. The minimum atomic E-state index is -0.518. The van der Waals surface area contributed by atoms with Crippen LogP contribution < -0.4 is 15.6 Å². The Labute approximate surface area is 203 Å². The standard InChI is InChI=1S/C25H22FN3O3S2/c1-32-19-12-6-4-10-17(19)27-21(30)14-33-25-28-23-22(15-8-2-7-13-20(15)34-23)24(31)29(25)18-11-5-3-9-16(18)26/h3-6,9-12H,2,7-8,13-14H2,1H3,(H,27,30). The maximum absolute atomic E-state index is 14.8. The summed E-state index contributed by atoms with van der Waals surface area (Å²) in [6.45, 7) is 0. The first-order chi connectivity index (χ1) is 16.6. The van der Waals surface area contributed by atoms with Crippen molar-refractivity contribution in [2.45, 2.75) is 30.8 Å². The number of thioether (sulfide) groups is 1. The fraction of sp³-hybridized carbons (Fsp3) is 0.240. The quantitative estimate of drug-likeness (QED) is 0.294. The second-order valence-electron chi connectivity index (χ2n) is 7.91. The van der Waals surface area contributed by atoms with Gasteiger partial charge >= 0.3 is 0 Å². The largest absolute Gasteiger partial charge is 0.495 e. The van der Waals surface area contributed by atoms with E-state index in [9.17, 15) is 14.0 Å². The lowest BCUT2D eigenvalue weighted by Crippen LogP contribution is -2.24. The molecule has 0 radical (unpaired) electrons. The predicted octanol–water partition coefficient (Wildman–Crippen LogP) is 5.20. The third-order valence-corrected chi connectivity index (χ3v) is 7.89. The van der Waals surface area contributed by atoms with Crippen molar-refractivity contribution in [1.82, 2.24) is 9.55 Å². The topological polar surface area (TPSA) is 73.2 Å². The Kier molecular flexibility index (Phi) is 6.38. The van der Waals surface area contributed by atoms with Crippen LogP contribution in [-0.2, 0) is 17.6 Å². The molecule has 2 aromatic heterocycles. The molecule has 9 heteroatoms. The highest BCUT2D eigenvalue weighted by Gasteiger charge is 2.24. The molecule has 0 fully saturated rings. The Bertz CT molecular complexity index is 1450. The molecule has 0 bridgehead atoms. The van der Waals surface area contributed by atoms with Gasteiger partial charge in [0.15, 0.2) is 5.16 Å². The number of benzene rings is 2. The first-order valence-electron chi connectivity index (χ1n) is 10.9. The van der Waals surface area contributed by atoms with Gasteiger partial charge in [0.25, 0.3) is 5.56 Å². The van der Waals surface area contributed by atoms with Crippen LogP contribution in [0.2, 0.25) is 0 Å². The van der Waals surface area contributed by atoms with Gasteiger partial charge in [-0.25, -0.2) is 9.37 Å². The number of hydrogen-bond acceptors (Lipinski definition) is 6. The van der Waals surface area contributed by atoms with Gasteiger partial charge in [0.05, 0.1) is 29.6 Å². The van der Waals surface area contributed by atoms with E-state index >= 15 is 0 Å². The number of carbonyl (C=O) groups excluding carboxylic acids is 1. The highest BCUT2D eigenvalue weighted by Crippen LogP contribution is 2.35. The Morgan fingerprint density at radius 1 is 1.18 bits per heavy atom. The number of hydrogen-bond donors (Lipinski definition) is 1. The summed E-state index contributed by atoms with van der Waals surface area (Å²) in [7, 11) is 1.53. The van der Waals surface area contributed by atoms with Crippen molar-refractivity contribution in [3.8, 4) is 11.4 Å². The SMILES string of the molecule is COc1ccccc1NC(=O)CSc1nc2sc3c(c2c(=O)n1-c1ccccc1F)CCCC3. The van der Waals surface area contributed by atoms with Gasteiger partial charge < -0.3 is 10.1 Å². The number of amides is 1. The van der Waals surface area contributed by atoms with Gasteiger partial charge in [-0.15, -0.1) is 11.3 Å². The third kappa shape index (κ3) is 4.21. The lowest BCUT2D eigenvalue weighted by atomic mass is 9.97. The van der Waals surface area contributed by atoms with Gasteiger partial charge in [0.1, 0.15) is 16.4 Å². The lowest BCUT2D eigenvalue weighted by molar-refractivity contribution is -0.113. The molecule has 1 aliphatic carbocycles. The summed E-state index contributed by atoms with van der Waals surface area (Å²) in [5.41, 5.74) is 1.43. The van der Waals surface area contributed by atoms with E-state index in [1.54, 1.807) is 36.4 Å². The van der Waals surface area contributed by atoms with E-state index in [0.717, 1.165) is 43.0 Å². The molecule has 1 aliphatic rings. The fourth-order valence-corrected chi connectivity index (χ4v) is 6.30. The van der Waals surface area contributed by atoms with Crippen molar-refractivity contribution in [3.63, 3.8) is 0 Å². The molecular formula is C25H22FN3O3S2. The number of methoxy groups -OCH3 is 1. The highest BCUT2D eigenvalue weighted by atomic mass is 32.2. The van der Waals surface area contributed by atoms with Crippen LogP contribution in [0.1, 0.15) is 23.3 Å². The highest BCUT2D eigenvalue weighted by molar-refractivity contribution is 7.99. The predicted molar refractivity (Wildman–Crippen MR) is 134 cm³/mol. The van der Waals surface area contributed by atoms with Crippen molar-refractivity contribution < 1.29 is 13.9 Å². The van der Waals surface area contributed by atoms with E-state index in [2.05, 4.69) is 5.32 Å². The zero-order valence-corrected chi connectivity index (χ0v) is 20.1. The van der Waals surface area contributed by atoms with Crippen LogP contribution in [0.15, 0.2) is 58.5 Å². The van der Waals surface area contributed by atoms with Crippen LogP contribution in [-0.4, -0.2) is 28.3 Å². The molecule has 1 N–H and O–H groups in total. The molecule has 0 saturated heterocycles. The molecule has 0 saturated carbocycles. The van der Waals surface area contributed by atoms with E-state index in [1.807, 2.05) is 6.07 Å². The Morgan fingerprint density at radius 3 is 2.76 bits per heavy atom. The summed E-state index contributed by atoms with van der Waals surface area (Å²) in [6.07, 6.45) is 3.88. The molecule has 4 aromatic rings. The zero-order valence-electron chi connectivity index (χ0n) is 18.5. The normalized spacial score (nSPS) is 13.0. The summed E-state index contributed by atoms with van der Waals surface area (Å²) in [6, 6.07) is 13.3. The first-order valence-corrected chi connectivity index (χ1v) is 12.7. The van der Waals surface area contributed by atoms with E-state index in [-0.39, 0.29) is 28.1 Å². The van der Waals surface area contributed by atoms with Crippen LogP contribution in [0.3, 0.4) is 0 Å². The number of aryl methyl sites for hydroxylation is 2. The molecular weight excluding hydrogens is 473 g/mol. The molecule has 0 spiro atoms. The van der Waals surface area contributed by atoms with Crippen LogP contribution in [0.4, 0.5) is 10.1 Å². The van der Waals surface area contributed by atoms with Crippen LogP contribution in [0, 0.1) is 5.82 Å². The van der Waals surface area contributed by atoms with Crippen LogP contribution >= 0.6 is 23.1 Å². The Morgan fingerprint density at radius 2 is 1.94 bits per heavy atom. The molecule has 34 heavy (non-hydrogen) atoms. The summed E-state index contributed by atoms with van der Waals surface area (Å²) in [5, 5.41) is 3.69. The minimum absolute atomic E-state index is 0.00443. The van der Waals surface area contributed by atoms with Crippen molar-refractivity contribution in [3.05, 3.63) is 75.1 Å². The zero-order chi connectivity index (χ0) is 23.7. The Balaban J connectivity index is 1.53. The van der Waals surface area contributed by atoms with Crippen LogP contribution in [0.5, 0.6) is 5.75 Å². The van der Waals surface area contributed by atoms with Gasteiger partial charge in [-0.05, 0) is 55.5 Å². The van der Waals surface area contributed by atoms with Crippen molar-refractivity contribution in [1.29, 1.82) is 0 Å². The average Bonchev–Trinajstić information content (AvgIpc) is 3.22. The Hall–Kier alpha value is -3.17. The third-order valence-electron chi connectivity index (χ3n) is 5.76. The van der Waals surface area contributed by atoms with Crippen LogP contribution in [0.25, 0.3) is 15.9 Å². The van der Waals surface area contributed by atoms with Gasteiger partial charge in [0.2, 0.25) is 5.91 Å². The number of rotatable bonds is 6. The smallest absolute Gasteiger partial charge is 0.267 e. The van der Waals surface area contributed by atoms with E-state index in [0.29, 0.717) is 21.7 Å². The molecule has 2 heterocycles. The summed E-state index contributed by atoms with van der Waals surface area (Å²) in [5.74, 6) is -0.257. The van der Waals surface area contributed by atoms with E-state index in [4.69, 9.17) is 9.72 Å². The number of thiophene rings is 1. The maximum Gasteiger partial charge on any atom is 0.267 e. The van der Waals surface area contributed by atoms with Gasteiger partial charge in [-0.2, -0.15) is 0 Å². The summed E-state index contributed by atoms with van der Waals surface area (Å²) in [4.78, 5) is 33.0. The van der Waals surface area contributed by atoms with Gasteiger partial charge in [0, 0.05) is 4.88 Å². The number of ether oxygens (including phenoxy) is 1. The monoisotopic (exact) mass is 495 g/mol. The number of carbonyl (C=O) groups is 1. The molecule has 6 nitrogen and oxygen atoms in total. The summed E-state index contributed by atoms with van der Waals surface area (Å²) < 4.78 is 21.4. The molecule has 0 aliphatic heterocycles. The minimum Gasteiger partial charge on any atom is -0.495 e. The number of para-hydroxylation sites is 3. The number of aromatic nitrogens is 2. The molecule has 5 rings (SSSR count). The fourth-order valence-electron chi connectivity index (χ4n) is 4.19. The number of nitrogens with zero attached hydrogens (tertiary/aromatic N) is 2. The second kappa shape index (κ2) is 9.60. The number of fused-ring (bicyclic) bond motifs is 3. The van der Waals surface area contributed by atoms with Gasteiger partial charge in [-0.3, -0.25) is 14.2 Å². The molecule has 2 aromatic carbocycles. The molecule has 0 atom stereocenters.